The second-order valence-corrected chi connectivity index (χ2v) is 6.64. The number of benzene rings is 1. The van der Waals surface area contributed by atoms with Crippen molar-refractivity contribution in [2.45, 2.75) is 38.6 Å². The van der Waals surface area contributed by atoms with Crippen molar-refractivity contribution in [3.8, 4) is 0 Å². The van der Waals surface area contributed by atoms with E-state index in [4.69, 9.17) is 4.98 Å². The van der Waals surface area contributed by atoms with Crippen LogP contribution in [-0.4, -0.2) is 9.55 Å². The van der Waals surface area contributed by atoms with Crippen molar-refractivity contribution >= 4 is 17.0 Å². The first-order chi connectivity index (χ1) is 11.8. The monoisotopic (exact) mass is 318 g/mol. The number of aryl methyl sites for hydroxylation is 1. The van der Waals surface area contributed by atoms with Crippen molar-refractivity contribution in [3.05, 3.63) is 70.3 Å². The molecule has 0 spiro atoms. The van der Waals surface area contributed by atoms with Crippen molar-refractivity contribution in [2.24, 2.45) is 5.92 Å². The average molecular weight is 318 g/mol. The predicted molar refractivity (Wildman–Crippen MR) is 99.0 cm³/mol. The van der Waals surface area contributed by atoms with E-state index in [1.54, 1.807) is 0 Å². The number of fused-ring (bicyclic) bond motifs is 2. The van der Waals surface area contributed by atoms with E-state index in [1.807, 2.05) is 22.8 Å². The van der Waals surface area contributed by atoms with Crippen LogP contribution in [0.2, 0.25) is 0 Å². The maximum absolute atomic E-state index is 12.7. The molecule has 2 heterocycles. The minimum absolute atomic E-state index is 0.118. The maximum atomic E-state index is 12.7. The summed E-state index contributed by atoms with van der Waals surface area (Å²) in [7, 11) is 0. The van der Waals surface area contributed by atoms with Gasteiger partial charge >= 0.3 is 0 Å². The first-order valence-electron chi connectivity index (χ1n) is 8.86. The minimum atomic E-state index is 0.118. The van der Waals surface area contributed by atoms with Crippen molar-refractivity contribution in [1.82, 2.24) is 9.55 Å². The smallest absolute Gasteiger partial charge is 0.261 e. The Hall–Kier alpha value is -2.42. The van der Waals surface area contributed by atoms with Crippen LogP contribution >= 0.6 is 0 Å². The maximum Gasteiger partial charge on any atom is 0.261 e. The molecule has 0 radical (unpaired) electrons. The fourth-order valence-corrected chi connectivity index (χ4v) is 3.52. The van der Waals surface area contributed by atoms with Crippen molar-refractivity contribution in [1.29, 1.82) is 0 Å². The van der Waals surface area contributed by atoms with Gasteiger partial charge in [0.05, 0.1) is 10.9 Å². The van der Waals surface area contributed by atoms with Gasteiger partial charge in [0, 0.05) is 13.0 Å². The molecular weight excluding hydrogens is 296 g/mol. The normalized spacial score (nSPS) is 20.4. The van der Waals surface area contributed by atoms with Gasteiger partial charge in [0.2, 0.25) is 0 Å². The van der Waals surface area contributed by atoms with E-state index < -0.39 is 0 Å². The van der Waals surface area contributed by atoms with Crippen LogP contribution in [0.3, 0.4) is 0 Å². The van der Waals surface area contributed by atoms with Gasteiger partial charge in [-0.25, -0.2) is 4.98 Å². The Bertz CT molecular complexity index is 902. The van der Waals surface area contributed by atoms with Gasteiger partial charge < -0.3 is 0 Å². The van der Waals surface area contributed by atoms with Gasteiger partial charge in [-0.1, -0.05) is 48.9 Å². The number of aromatic nitrogens is 2. The Balaban J connectivity index is 1.70. The van der Waals surface area contributed by atoms with Crippen LogP contribution in [0, 0.1) is 5.92 Å². The summed E-state index contributed by atoms with van der Waals surface area (Å²) in [5.41, 5.74) is 2.05. The summed E-state index contributed by atoms with van der Waals surface area (Å²) >= 11 is 0. The highest BCUT2D eigenvalue weighted by atomic mass is 16.1. The molecule has 1 aromatic heterocycles. The highest BCUT2D eigenvalue weighted by molar-refractivity contribution is 5.80. The van der Waals surface area contributed by atoms with E-state index in [0.29, 0.717) is 5.92 Å². The molecule has 1 unspecified atom stereocenters. The lowest BCUT2D eigenvalue weighted by Crippen LogP contribution is -2.24. The molecule has 0 saturated carbocycles. The third-order valence-corrected chi connectivity index (χ3v) is 4.89. The number of allylic oxidation sites excluding steroid dienone is 5. The summed E-state index contributed by atoms with van der Waals surface area (Å²) in [4.78, 5) is 17.5. The summed E-state index contributed by atoms with van der Waals surface area (Å²) in [6.45, 7) is 0.806. The molecule has 1 aliphatic heterocycles. The standard InChI is InChI=1S/C21H22N2O/c24-21-18-13-12-17(11-10-16-7-3-1-4-8-16)15-19(18)22-20-9-5-2-6-14-23(20)21/h1,3-4,7,10-13,15-16H,2,5-6,8-9,14H2. The highest BCUT2D eigenvalue weighted by Gasteiger charge is 2.13. The average Bonchev–Trinajstić information content (AvgIpc) is 2.86. The Kier molecular flexibility index (Phi) is 4.16. The fourth-order valence-electron chi connectivity index (χ4n) is 3.52. The van der Waals surface area contributed by atoms with Gasteiger partial charge in [-0.05, 0) is 42.9 Å². The predicted octanol–water partition coefficient (Wildman–Crippen LogP) is 4.27. The van der Waals surface area contributed by atoms with Crippen LogP contribution in [-0.2, 0) is 13.0 Å². The van der Waals surface area contributed by atoms with Gasteiger partial charge in [0.15, 0.2) is 0 Å². The van der Waals surface area contributed by atoms with Crippen LogP contribution in [0.25, 0.3) is 17.0 Å². The van der Waals surface area contributed by atoms with E-state index in [-0.39, 0.29) is 5.56 Å². The lowest BCUT2D eigenvalue weighted by Gasteiger charge is -2.10. The Morgan fingerprint density at radius 1 is 1.17 bits per heavy atom. The van der Waals surface area contributed by atoms with Gasteiger partial charge in [-0.15, -0.1) is 0 Å². The molecule has 3 heteroatoms. The SMILES string of the molecule is O=c1c2ccc(C=CC3C=CC=CC3)cc2nc2n1CCCCC2. The molecule has 3 nitrogen and oxygen atoms in total. The molecule has 0 amide bonds. The number of hydrogen-bond acceptors (Lipinski definition) is 2. The summed E-state index contributed by atoms with van der Waals surface area (Å²) in [6, 6.07) is 5.99. The first kappa shape index (κ1) is 15.1. The van der Waals surface area contributed by atoms with E-state index in [0.717, 1.165) is 54.5 Å². The third kappa shape index (κ3) is 2.99. The topological polar surface area (TPSA) is 34.9 Å². The fraction of sp³-hybridized carbons (Fsp3) is 0.333. The lowest BCUT2D eigenvalue weighted by atomic mass is 9.99. The molecule has 0 N–H and O–H groups in total. The summed E-state index contributed by atoms with van der Waals surface area (Å²) < 4.78 is 1.88. The second kappa shape index (κ2) is 6.60. The molecule has 2 aromatic rings. The van der Waals surface area contributed by atoms with Crippen LogP contribution in [0.5, 0.6) is 0 Å². The Morgan fingerprint density at radius 3 is 3.00 bits per heavy atom. The van der Waals surface area contributed by atoms with E-state index in [1.165, 1.54) is 6.42 Å². The van der Waals surface area contributed by atoms with Crippen LogP contribution in [0.1, 0.15) is 37.1 Å². The molecule has 122 valence electrons. The van der Waals surface area contributed by atoms with Crippen LogP contribution in [0.15, 0.2) is 53.4 Å². The summed E-state index contributed by atoms with van der Waals surface area (Å²) in [6.07, 6.45) is 18.3. The van der Waals surface area contributed by atoms with Gasteiger partial charge in [0.1, 0.15) is 5.82 Å². The molecule has 4 rings (SSSR count). The summed E-state index contributed by atoms with van der Waals surface area (Å²) in [5, 5.41) is 0.735. The van der Waals surface area contributed by atoms with E-state index >= 15 is 0 Å². The third-order valence-electron chi connectivity index (χ3n) is 4.89. The van der Waals surface area contributed by atoms with Crippen molar-refractivity contribution in [2.75, 3.05) is 0 Å². The molecule has 2 aliphatic rings. The molecule has 0 bridgehead atoms. The van der Waals surface area contributed by atoms with Gasteiger partial charge in [0.25, 0.3) is 5.56 Å². The first-order valence-corrected chi connectivity index (χ1v) is 8.86. The number of nitrogens with zero attached hydrogens (tertiary/aromatic N) is 2. The van der Waals surface area contributed by atoms with Crippen LogP contribution in [0.4, 0.5) is 0 Å². The molecule has 0 saturated heterocycles. The van der Waals surface area contributed by atoms with Crippen LogP contribution < -0.4 is 5.56 Å². The van der Waals surface area contributed by atoms with Gasteiger partial charge in [-0.2, -0.15) is 0 Å². The lowest BCUT2D eigenvalue weighted by molar-refractivity contribution is 0.614. The number of hydrogen-bond donors (Lipinski definition) is 0. The zero-order valence-electron chi connectivity index (χ0n) is 13.8. The minimum Gasteiger partial charge on any atom is -0.296 e. The largest absolute Gasteiger partial charge is 0.296 e. The molecule has 1 aromatic carbocycles. The Morgan fingerprint density at radius 2 is 2.12 bits per heavy atom. The zero-order valence-corrected chi connectivity index (χ0v) is 13.8. The van der Waals surface area contributed by atoms with E-state index in [9.17, 15) is 4.79 Å². The zero-order chi connectivity index (χ0) is 16.4. The quantitative estimate of drug-likeness (QED) is 0.829. The molecule has 1 atom stereocenters. The second-order valence-electron chi connectivity index (χ2n) is 6.64. The molecule has 0 fully saturated rings. The highest BCUT2D eigenvalue weighted by Crippen LogP contribution is 2.19. The molecule has 1 aliphatic carbocycles. The number of rotatable bonds is 2. The Labute approximate surface area is 142 Å². The molecular formula is C21H22N2O. The van der Waals surface area contributed by atoms with Gasteiger partial charge in [-0.3, -0.25) is 9.36 Å². The van der Waals surface area contributed by atoms with Crippen molar-refractivity contribution in [3.63, 3.8) is 0 Å². The van der Waals surface area contributed by atoms with E-state index in [2.05, 4.69) is 36.5 Å². The van der Waals surface area contributed by atoms with Crippen molar-refractivity contribution < 1.29 is 0 Å². The molecule has 24 heavy (non-hydrogen) atoms. The summed E-state index contributed by atoms with van der Waals surface area (Å²) in [5.74, 6) is 1.41.